The Balaban J connectivity index is 0.00000441. The molecule has 2 N–H and O–H groups in total. The van der Waals surface area contributed by atoms with Gasteiger partial charge in [-0.1, -0.05) is 6.92 Å². The van der Waals surface area contributed by atoms with Gasteiger partial charge in [-0.25, -0.2) is 13.1 Å². The first-order chi connectivity index (χ1) is 9.92. The summed E-state index contributed by atoms with van der Waals surface area (Å²) < 4.78 is 31.6. The van der Waals surface area contributed by atoms with Crippen LogP contribution >= 0.6 is 12.4 Å². The molecule has 0 unspecified atom stereocenters. The minimum absolute atomic E-state index is 0. The smallest absolute Gasteiger partial charge is 0.273 e. The van der Waals surface area contributed by atoms with E-state index in [4.69, 9.17) is 4.74 Å². The number of benzene rings is 1. The summed E-state index contributed by atoms with van der Waals surface area (Å²) >= 11 is 0. The molecule has 10 heteroatoms. The number of sulfonamides is 1. The van der Waals surface area contributed by atoms with Crippen LogP contribution in [0, 0.1) is 10.1 Å². The van der Waals surface area contributed by atoms with Crippen molar-refractivity contribution in [1.82, 2.24) is 10.0 Å². The van der Waals surface area contributed by atoms with Crippen LogP contribution in [-0.2, 0) is 10.0 Å². The van der Waals surface area contributed by atoms with Crippen LogP contribution in [0.25, 0.3) is 0 Å². The van der Waals surface area contributed by atoms with E-state index < -0.39 is 14.9 Å². The standard InChI is InChI=1S/C12H19N3O5S.ClH/c1-3-6-13-7-8-14-21(18,19)12-5-4-10(15(16)17)9-11(12)20-2;/h4-5,9,13-14H,3,6-8H2,1-2H3;1H. The highest BCUT2D eigenvalue weighted by atomic mass is 35.5. The summed E-state index contributed by atoms with van der Waals surface area (Å²) in [6, 6.07) is 3.38. The van der Waals surface area contributed by atoms with Crippen LogP contribution in [0.1, 0.15) is 13.3 Å². The summed E-state index contributed by atoms with van der Waals surface area (Å²) in [7, 11) is -2.51. The predicted molar refractivity (Wildman–Crippen MR) is 85.2 cm³/mol. The van der Waals surface area contributed by atoms with E-state index in [0.717, 1.165) is 25.1 Å². The second-order valence-corrected chi connectivity index (χ2v) is 5.98. The number of halogens is 1. The number of non-ortho nitro benzene ring substituents is 1. The lowest BCUT2D eigenvalue weighted by Crippen LogP contribution is -2.32. The van der Waals surface area contributed by atoms with Crippen LogP contribution in [0.15, 0.2) is 23.1 Å². The van der Waals surface area contributed by atoms with Crippen LogP contribution in [0.4, 0.5) is 5.69 Å². The normalized spacial score (nSPS) is 10.8. The Morgan fingerprint density at radius 3 is 2.50 bits per heavy atom. The summed E-state index contributed by atoms with van der Waals surface area (Å²) in [5, 5.41) is 13.7. The molecule has 0 aliphatic carbocycles. The van der Waals surface area contributed by atoms with Crippen molar-refractivity contribution in [3.8, 4) is 5.75 Å². The number of nitro benzene ring substituents is 1. The first-order valence-electron chi connectivity index (χ1n) is 6.45. The van der Waals surface area contributed by atoms with E-state index in [1.807, 2.05) is 6.92 Å². The Hall–Kier alpha value is -1.42. The van der Waals surface area contributed by atoms with Crippen molar-refractivity contribution in [2.45, 2.75) is 18.2 Å². The van der Waals surface area contributed by atoms with E-state index in [0.29, 0.717) is 6.54 Å². The molecule has 22 heavy (non-hydrogen) atoms. The zero-order valence-electron chi connectivity index (χ0n) is 12.4. The third kappa shape index (κ3) is 5.76. The van der Waals surface area contributed by atoms with Crippen LogP contribution in [0.5, 0.6) is 5.75 Å². The summed E-state index contributed by atoms with van der Waals surface area (Å²) in [6.45, 7) is 3.55. The quantitative estimate of drug-likeness (QED) is 0.393. The van der Waals surface area contributed by atoms with Crippen LogP contribution in [0.2, 0.25) is 0 Å². The zero-order chi connectivity index (χ0) is 15.9. The van der Waals surface area contributed by atoms with Crippen LogP contribution in [-0.4, -0.2) is 40.1 Å². The third-order valence-electron chi connectivity index (χ3n) is 2.67. The maximum absolute atomic E-state index is 12.1. The number of rotatable bonds is 9. The lowest BCUT2D eigenvalue weighted by atomic mass is 10.3. The molecular formula is C12H20ClN3O5S. The highest BCUT2D eigenvalue weighted by Crippen LogP contribution is 2.27. The first-order valence-corrected chi connectivity index (χ1v) is 7.93. The van der Waals surface area contributed by atoms with Gasteiger partial charge in [0.25, 0.3) is 5.69 Å². The Morgan fingerprint density at radius 1 is 1.27 bits per heavy atom. The number of nitrogens with zero attached hydrogens (tertiary/aromatic N) is 1. The fraction of sp³-hybridized carbons (Fsp3) is 0.500. The number of hydrogen-bond acceptors (Lipinski definition) is 6. The highest BCUT2D eigenvalue weighted by Gasteiger charge is 2.21. The van der Waals surface area contributed by atoms with E-state index in [9.17, 15) is 18.5 Å². The summed E-state index contributed by atoms with van der Waals surface area (Å²) in [6.07, 6.45) is 0.961. The van der Waals surface area contributed by atoms with Gasteiger partial charge in [0.1, 0.15) is 10.6 Å². The number of ether oxygens (including phenoxy) is 1. The minimum Gasteiger partial charge on any atom is -0.495 e. The molecule has 0 aromatic heterocycles. The van der Waals surface area contributed by atoms with Crippen LogP contribution < -0.4 is 14.8 Å². The van der Waals surface area contributed by atoms with Crippen molar-refractivity contribution in [1.29, 1.82) is 0 Å². The largest absolute Gasteiger partial charge is 0.495 e. The average Bonchev–Trinajstić information content (AvgIpc) is 2.46. The molecule has 126 valence electrons. The fourth-order valence-corrected chi connectivity index (χ4v) is 2.83. The molecule has 1 aromatic carbocycles. The third-order valence-corrected chi connectivity index (χ3v) is 4.17. The number of nitrogens with one attached hydrogen (secondary N) is 2. The Morgan fingerprint density at radius 2 is 1.95 bits per heavy atom. The van der Waals surface area contributed by atoms with Gasteiger partial charge in [-0.3, -0.25) is 10.1 Å². The number of methoxy groups -OCH3 is 1. The van der Waals surface area contributed by atoms with Crippen molar-refractivity contribution < 1.29 is 18.1 Å². The van der Waals surface area contributed by atoms with Gasteiger partial charge in [-0.15, -0.1) is 12.4 Å². The molecule has 8 nitrogen and oxygen atoms in total. The van der Waals surface area contributed by atoms with Gasteiger partial charge in [0.05, 0.1) is 18.1 Å². The van der Waals surface area contributed by atoms with Gasteiger partial charge in [-0.2, -0.15) is 0 Å². The summed E-state index contributed by atoms with van der Waals surface area (Å²) in [4.78, 5) is 9.95. The molecule has 0 atom stereocenters. The molecule has 1 aromatic rings. The Bertz CT molecular complexity index is 594. The van der Waals surface area contributed by atoms with Gasteiger partial charge < -0.3 is 10.1 Å². The molecule has 0 amide bonds. The summed E-state index contributed by atoms with van der Waals surface area (Å²) in [5.41, 5.74) is -0.226. The highest BCUT2D eigenvalue weighted by molar-refractivity contribution is 7.89. The predicted octanol–water partition coefficient (Wildman–Crippen LogP) is 1.30. The average molecular weight is 354 g/mol. The van der Waals surface area contributed by atoms with E-state index in [-0.39, 0.29) is 35.3 Å². The molecule has 0 radical (unpaired) electrons. The molecule has 0 saturated heterocycles. The lowest BCUT2D eigenvalue weighted by molar-refractivity contribution is -0.385. The minimum atomic E-state index is -3.77. The van der Waals surface area contributed by atoms with Crippen molar-refractivity contribution >= 4 is 28.1 Å². The van der Waals surface area contributed by atoms with Crippen LogP contribution in [0.3, 0.4) is 0 Å². The maximum Gasteiger partial charge on any atom is 0.273 e. The van der Waals surface area contributed by atoms with E-state index in [2.05, 4.69) is 10.0 Å². The van der Waals surface area contributed by atoms with Gasteiger partial charge >= 0.3 is 0 Å². The van der Waals surface area contributed by atoms with Gasteiger partial charge in [-0.05, 0) is 19.0 Å². The molecule has 0 aliphatic rings. The molecule has 0 saturated carbocycles. The SMILES string of the molecule is CCCNCCNS(=O)(=O)c1ccc([N+](=O)[O-])cc1OC.Cl. The Labute approximate surface area is 135 Å². The van der Waals surface area contributed by atoms with Crippen molar-refractivity contribution in [3.05, 3.63) is 28.3 Å². The molecule has 0 bridgehead atoms. The molecule has 0 heterocycles. The topological polar surface area (TPSA) is 111 Å². The van der Waals surface area contributed by atoms with Crippen molar-refractivity contribution in [2.75, 3.05) is 26.7 Å². The van der Waals surface area contributed by atoms with E-state index in [1.165, 1.54) is 13.2 Å². The van der Waals surface area contributed by atoms with E-state index >= 15 is 0 Å². The van der Waals surface area contributed by atoms with Gasteiger partial charge in [0.15, 0.2) is 0 Å². The summed E-state index contributed by atoms with van der Waals surface area (Å²) in [5.74, 6) is -0.0572. The molecule has 0 spiro atoms. The zero-order valence-corrected chi connectivity index (χ0v) is 14.0. The van der Waals surface area contributed by atoms with Gasteiger partial charge in [0, 0.05) is 19.2 Å². The lowest BCUT2D eigenvalue weighted by Gasteiger charge is -2.10. The first kappa shape index (κ1) is 20.6. The monoisotopic (exact) mass is 353 g/mol. The van der Waals surface area contributed by atoms with Crippen molar-refractivity contribution in [3.63, 3.8) is 0 Å². The number of nitro groups is 1. The maximum atomic E-state index is 12.1. The number of hydrogen-bond donors (Lipinski definition) is 2. The van der Waals surface area contributed by atoms with Gasteiger partial charge in [0.2, 0.25) is 10.0 Å². The molecular weight excluding hydrogens is 334 g/mol. The molecule has 1 rings (SSSR count). The molecule has 0 fully saturated rings. The molecule has 0 aliphatic heterocycles. The fourth-order valence-electron chi connectivity index (χ4n) is 1.65. The second-order valence-electron chi connectivity index (χ2n) is 4.24. The van der Waals surface area contributed by atoms with E-state index in [1.54, 1.807) is 0 Å². The second kappa shape index (κ2) is 9.57. The Kier molecular flexibility index (Phi) is 8.95. The van der Waals surface area contributed by atoms with Crippen molar-refractivity contribution in [2.24, 2.45) is 0 Å².